The molecular weight excluding hydrogens is 320 g/mol. The molecular formula is C22H20N4. The fourth-order valence-corrected chi connectivity index (χ4v) is 2.83. The molecule has 0 unspecified atom stereocenters. The Bertz CT molecular complexity index is 1060. The predicted molar refractivity (Wildman–Crippen MR) is 108 cm³/mol. The standard InChI is InChI=1S/C22H20N4/c1-15-11-13-17(14-12-15)24-19-8-4-6-10-21(19)26-22-16(2)23-18-7-3-5-9-20(18)25-22/h3-14,24H,1-2H3,(H,25,26). The molecule has 0 radical (unpaired) electrons. The van der Waals surface area contributed by atoms with Gasteiger partial charge in [0.1, 0.15) is 0 Å². The van der Waals surface area contributed by atoms with Gasteiger partial charge in [-0.25, -0.2) is 9.97 Å². The fraction of sp³-hybridized carbons (Fsp3) is 0.0909. The van der Waals surface area contributed by atoms with Crippen LogP contribution in [0.1, 0.15) is 11.3 Å². The number of aromatic nitrogens is 2. The number of anilines is 4. The van der Waals surface area contributed by atoms with E-state index in [9.17, 15) is 0 Å². The highest BCUT2D eigenvalue weighted by Gasteiger charge is 2.08. The Morgan fingerprint density at radius 1 is 0.615 bits per heavy atom. The first-order chi connectivity index (χ1) is 12.7. The van der Waals surface area contributed by atoms with Crippen LogP contribution in [0, 0.1) is 13.8 Å². The van der Waals surface area contributed by atoms with E-state index < -0.39 is 0 Å². The minimum absolute atomic E-state index is 0.766. The third-order valence-corrected chi connectivity index (χ3v) is 4.26. The first-order valence-corrected chi connectivity index (χ1v) is 8.62. The van der Waals surface area contributed by atoms with Crippen LogP contribution in [0.25, 0.3) is 11.0 Å². The maximum Gasteiger partial charge on any atom is 0.152 e. The molecule has 0 aliphatic rings. The Morgan fingerprint density at radius 2 is 1.19 bits per heavy atom. The van der Waals surface area contributed by atoms with Crippen molar-refractivity contribution in [3.8, 4) is 0 Å². The summed E-state index contributed by atoms with van der Waals surface area (Å²) in [6.45, 7) is 4.05. The van der Waals surface area contributed by atoms with Gasteiger partial charge in [-0.15, -0.1) is 0 Å². The monoisotopic (exact) mass is 340 g/mol. The van der Waals surface area contributed by atoms with Gasteiger partial charge < -0.3 is 10.6 Å². The largest absolute Gasteiger partial charge is 0.354 e. The van der Waals surface area contributed by atoms with Gasteiger partial charge in [0, 0.05) is 5.69 Å². The van der Waals surface area contributed by atoms with Crippen molar-refractivity contribution < 1.29 is 0 Å². The zero-order valence-electron chi connectivity index (χ0n) is 14.8. The van der Waals surface area contributed by atoms with Crippen LogP contribution in [0.3, 0.4) is 0 Å². The van der Waals surface area contributed by atoms with Crippen molar-refractivity contribution in [3.05, 3.63) is 84.1 Å². The zero-order chi connectivity index (χ0) is 17.9. The molecule has 4 heteroatoms. The van der Waals surface area contributed by atoms with E-state index in [-0.39, 0.29) is 0 Å². The first kappa shape index (κ1) is 16.1. The number of para-hydroxylation sites is 4. The average molecular weight is 340 g/mol. The van der Waals surface area contributed by atoms with Crippen molar-refractivity contribution in [2.45, 2.75) is 13.8 Å². The van der Waals surface area contributed by atoms with E-state index in [0.717, 1.165) is 39.6 Å². The van der Waals surface area contributed by atoms with E-state index >= 15 is 0 Å². The summed E-state index contributed by atoms with van der Waals surface area (Å²) >= 11 is 0. The molecule has 4 nitrogen and oxygen atoms in total. The van der Waals surface area contributed by atoms with E-state index in [1.54, 1.807) is 0 Å². The lowest BCUT2D eigenvalue weighted by Crippen LogP contribution is -2.02. The number of hydrogen-bond donors (Lipinski definition) is 2. The molecule has 0 saturated carbocycles. The summed E-state index contributed by atoms with van der Waals surface area (Å²) in [5.41, 5.74) is 6.89. The molecule has 0 fully saturated rings. The molecule has 2 N–H and O–H groups in total. The molecule has 1 heterocycles. The van der Waals surface area contributed by atoms with Crippen molar-refractivity contribution in [3.63, 3.8) is 0 Å². The van der Waals surface area contributed by atoms with Crippen LogP contribution < -0.4 is 10.6 Å². The third-order valence-electron chi connectivity index (χ3n) is 4.26. The van der Waals surface area contributed by atoms with E-state index in [4.69, 9.17) is 4.98 Å². The van der Waals surface area contributed by atoms with E-state index in [1.807, 2.05) is 55.5 Å². The minimum atomic E-state index is 0.766. The summed E-state index contributed by atoms with van der Waals surface area (Å²) in [6, 6.07) is 24.4. The molecule has 0 bridgehead atoms. The lowest BCUT2D eigenvalue weighted by atomic mass is 10.2. The number of benzene rings is 3. The molecule has 4 rings (SSSR count). The summed E-state index contributed by atoms with van der Waals surface area (Å²) < 4.78 is 0. The second-order valence-electron chi connectivity index (χ2n) is 6.31. The highest BCUT2D eigenvalue weighted by molar-refractivity contribution is 5.81. The first-order valence-electron chi connectivity index (χ1n) is 8.62. The number of nitrogens with zero attached hydrogens (tertiary/aromatic N) is 2. The Labute approximate surface area is 152 Å². The molecule has 0 aliphatic heterocycles. The molecule has 0 amide bonds. The lowest BCUT2D eigenvalue weighted by molar-refractivity contribution is 1.18. The van der Waals surface area contributed by atoms with Gasteiger partial charge in [0.05, 0.1) is 28.1 Å². The average Bonchev–Trinajstić information content (AvgIpc) is 2.66. The quantitative estimate of drug-likeness (QED) is 0.498. The summed E-state index contributed by atoms with van der Waals surface area (Å²) in [4.78, 5) is 9.38. The van der Waals surface area contributed by atoms with Crippen molar-refractivity contribution in [1.82, 2.24) is 9.97 Å². The zero-order valence-corrected chi connectivity index (χ0v) is 14.8. The molecule has 1 aromatic heterocycles. The molecule has 0 saturated heterocycles. The smallest absolute Gasteiger partial charge is 0.152 e. The maximum absolute atomic E-state index is 4.73. The third kappa shape index (κ3) is 3.35. The van der Waals surface area contributed by atoms with Crippen molar-refractivity contribution in [1.29, 1.82) is 0 Å². The minimum Gasteiger partial charge on any atom is -0.354 e. The van der Waals surface area contributed by atoms with Gasteiger partial charge in [0.2, 0.25) is 0 Å². The lowest BCUT2D eigenvalue weighted by Gasteiger charge is -2.15. The number of nitrogens with one attached hydrogen (secondary N) is 2. The second-order valence-corrected chi connectivity index (χ2v) is 6.31. The predicted octanol–water partition coefficient (Wildman–Crippen LogP) is 5.73. The Hall–Kier alpha value is -3.40. The SMILES string of the molecule is Cc1ccc(Nc2ccccc2Nc2nc3ccccc3nc2C)cc1. The molecule has 128 valence electrons. The molecule has 0 aliphatic carbocycles. The van der Waals surface area contributed by atoms with Gasteiger partial charge in [-0.1, -0.05) is 42.0 Å². The number of fused-ring (bicyclic) bond motifs is 1. The summed E-state index contributed by atoms with van der Waals surface area (Å²) in [7, 11) is 0. The Kier molecular flexibility index (Phi) is 4.23. The highest BCUT2D eigenvalue weighted by Crippen LogP contribution is 2.29. The van der Waals surface area contributed by atoms with Gasteiger partial charge in [0.15, 0.2) is 5.82 Å². The van der Waals surface area contributed by atoms with Gasteiger partial charge in [-0.05, 0) is 50.2 Å². The number of rotatable bonds is 4. The summed E-state index contributed by atoms with van der Waals surface area (Å²) in [5, 5.41) is 6.89. The van der Waals surface area contributed by atoms with Gasteiger partial charge in [-0.3, -0.25) is 0 Å². The van der Waals surface area contributed by atoms with Crippen LogP contribution in [-0.4, -0.2) is 9.97 Å². The fourth-order valence-electron chi connectivity index (χ4n) is 2.83. The van der Waals surface area contributed by atoms with Crippen LogP contribution in [0.4, 0.5) is 22.9 Å². The number of aryl methyl sites for hydroxylation is 2. The second kappa shape index (κ2) is 6.84. The van der Waals surface area contributed by atoms with Gasteiger partial charge in [-0.2, -0.15) is 0 Å². The molecule has 26 heavy (non-hydrogen) atoms. The van der Waals surface area contributed by atoms with Crippen LogP contribution in [0.15, 0.2) is 72.8 Å². The van der Waals surface area contributed by atoms with Crippen molar-refractivity contribution >= 4 is 33.9 Å². The Balaban J connectivity index is 1.66. The molecule has 3 aromatic carbocycles. The number of hydrogen-bond acceptors (Lipinski definition) is 4. The van der Waals surface area contributed by atoms with E-state index in [2.05, 4.69) is 46.8 Å². The van der Waals surface area contributed by atoms with Crippen molar-refractivity contribution in [2.75, 3.05) is 10.6 Å². The van der Waals surface area contributed by atoms with E-state index in [1.165, 1.54) is 5.56 Å². The van der Waals surface area contributed by atoms with Crippen LogP contribution in [-0.2, 0) is 0 Å². The van der Waals surface area contributed by atoms with Crippen LogP contribution >= 0.6 is 0 Å². The normalized spacial score (nSPS) is 10.7. The van der Waals surface area contributed by atoms with Crippen LogP contribution in [0.2, 0.25) is 0 Å². The maximum atomic E-state index is 4.73. The highest BCUT2D eigenvalue weighted by atomic mass is 15.0. The molecule has 4 aromatic rings. The topological polar surface area (TPSA) is 49.8 Å². The van der Waals surface area contributed by atoms with Gasteiger partial charge in [0.25, 0.3) is 0 Å². The van der Waals surface area contributed by atoms with Gasteiger partial charge >= 0.3 is 0 Å². The summed E-state index contributed by atoms with van der Waals surface area (Å²) in [5.74, 6) is 0.766. The Morgan fingerprint density at radius 3 is 1.88 bits per heavy atom. The molecule has 0 spiro atoms. The van der Waals surface area contributed by atoms with E-state index in [0.29, 0.717) is 0 Å². The summed E-state index contributed by atoms with van der Waals surface area (Å²) in [6.07, 6.45) is 0. The molecule has 0 atom stereocenters. The van der Waals surface area contributed by atoms with Crippen LogP contribution in [0.5, 0.6) is 0 Å². The van der Waals surface area contributed by atoms with Crippen molar-refractivity contribution in [2.24, 2.45) is 0 Å².